The lowest BCUT2D eigenvalue weighted by Gasteiger charge is -2.10. The van der Waals surface area contributed by atoms with Crippen LogP contribution >= 0.6 is 11.6 Å². The third kappa shape index (κ3) is 4.12. The van der Waals surface area contributed by atoms with Crippen LogP contribution in [0.15, 0.2) is 88.9 Å². The van der Waals surface area contributed by atoms with Crippen LogP contribution in [0.1, 0.15) is 11.1 Å². The summed E-state index contributed by atoms with van der Waals surface area (Å²) in [7, 11) is -3.81. The van der Waals surface area contributed by atoms with Crippen molar-refractivity contribution in [1.29, 1.82) is 0 Å². The Morgan fingerprint density at radius 1 is 0.885 bits per heavy atom. The summed E-state index contributed by atoms with van der Waals surface area (Å²) in [4.78, 5) is 0.187. The number of hydrogen-bond donors (Lipinski definition) is 1. The SMILES string of the molecule is Cc1ccc(S(=O)(=O)C(=NNc2ccccc2)c2ccc(Cl)cc2)cc1. The summed E-state index contributed by atoms with van der Waals surface area (Å²) < 4.78 is 26.3. The predicted octanol–water partition coefficient (Wildman–Crippen LogP) is 4.90. The fourth-order valence-corrected chi connectivity index (χ4v) is 3.79. The minimum atomic E-state index is -3.81. The molecule has 0 spiro atoms. The molecular formula is C20H17ClN2O2S. The molecule has 0 bridgehead atoms. The van der Waals surface area contributed by atoms with E-state index in [4.69, 9.17) is 11.6 Å². The van der Waals surface area contributed by atoms with E-state index < -0.39 is 9.84 Å². The van der Waals surface area contributed by atoms with Gasteiger partial charge in [-0.2, -0.15) is 5.10 Å². The number of nitrogens with zero attached hydrogens (tertiary/aromatic N) is 1. The molecule has 0 radical (unpaired) electrons. The Morgan fingerprint density at radius 2 is 1.50 bits per heavy atom. The second-order valence-electron chi connectivity index (χ2n) is 5.72. The molecule has 0 aliphatic rings. The molecule has 0 aromatic heterocycles. The van der Waals surface area contributed by atoms with Crippen molar-refractivity contribution in [2.24, 2.45) is 5.10 Å². The van der Waals surface area contributed by atoms with Gasteiger partial charge in [-0.1, -0.05) is 59.6 Å². The number of sulfone groups is 1. The number of anilines is 1. The Kier molecular flexibility index (Phi) is 5.40. The fourth-order valence-electron chi connectivity index (χ4n) is 2.33. The molecule has 3 aromatic rings. The predicted molar refractivity (Wildman–Crippen MR) is 106 cm³/mol. The highest BCUT2D eigenvalue weighted by atomic mass is 35.5. The van der Waals surface area contributed by atoms with Gasteiger partial charge in [-0.15, -0.1) is 0 Å². The molecule has 0 saturated carbocycles. The van der Waals surface area contributed by atoms with Crippen molar-refractivity contribution < 1.29 is 8.42 Å². The molecular weight excluding hydrogens is 368 g/mol. The lowest BCUT2D eigenvalue weighted by atomic mass is 10.2. The normalized spacial score (nSPS) is 12.0. The monoisotopic (exact) mass is 384 g/mol. The second-order valence-corrected chi connectivity index (χ2v) is 8.02. The number of nitrogens with one attached hydrogen (secondary N) is 1. The minimum absolute atomic E-state index is 0.0677. The van der Waals surface area contributed by atoms with Gasteiger partial charge in [0.15, 0.2) is 5.04 Å². The van der Waals surface area contributed by atoms with E-state index in [0.29, 0.717) is 16.3 Å². The van der Waals surface area contributed by atoms with E-state index in [1.165, 1.54) is 0 Å². The minimum Gasteiger partial charge on any atom is -0.277 e. The third-order valence-electron chi connectivity index (χ3n) is 3.74. The van der Waals surface area contributed by atoms with E-state index in [-0.39, 0.29) is 9.94 Å². The lowest BCUT2D eigenvalue weighted by Crippen LogP contribution is -2.18. The van der Waals surface area contributed by atoms with Crippen molar-refractivity contribution in [2.45, 2.75) is 11.8 Å². The molecule has 0 amide bonds. The molecule has 0 fully saturated rings. The largest absolute Gasteiger partial charge is 0.277 e. The zero-order chi connectivity index (χ0) is 18.6. The van der Waals surface area contributed by atoms with Gasteiger partial charge < -0.3 is 0 Å². The first-order chi connectivity index (χ1) is 12.5. The van der Waals surface area contributed by atoms with Crippen LogP contribution in [-0.2, 0) is 9.84 Å². The van der Waals surface area contributed by atoms with Gasteiger partial charge in [0, 0.05) is 10.6 Å². The number of aryl methyl sites for hydroxylation is 1. The fraction of sp³-hybridized carbons (Fsp3) is 0.0500. The Balaban J connectivity index is 2.07. The van der Waals surface area contributed by atoms with Crippen LogP contribution in [0.25, 0.3) is 0 Å². The number of hydrogen-bond acceptors (Lipinski definition) is 4. The molecule has 0 saturated heterocycles. The number of halogens is 1. The highest BCUT2D eigenvalue weighted by molar-refractivity contribution is 8.07. The van der Waals surface area contributed by atoms with Gasteiger partial charge >= 0.3 is 0 Å². The zero-order valence-electron chi connectivity index (χ0n) is 14.1. The molecule has 4 nitrogen and oxygen atoms in total. The zero-order valence-corrected chi connectivity index (χ0v) is 15.6. The number of para-hydroxylation sites is 1. The van der Waals surface area contributed by atoms with Gasteiger partial charge in [-0.05, 0) is 43.3 Å². The summed E-state index contributed by atoms with van der Waals surface area (Å²) in [6.07, 6.45) is 0. The molecule has 0 unspecified atom stereocenters. The van der Waals surface area contributed by atoms with E-state index in [2.05, 4.69) is 10.5 Å². The molecule has 3 aromatic carbocycles. The van der Waals surface area contributed by atoms with E-state index in [1.807, 2.05) is 37.3 Å². The second kappa shape index (κ2) is 7.72. The Bertz CT molecular complexity index is 1010. The van der Waals surface area contributed by atoms with E-state index in [1.54, 1.807) is 48.5 Å². The number of rotatable bonds is 4. The van der Waals surface area contributed by atoms with Crippen LogP contribution < -0.4 is 5.43 Å². The molecule has 6 heteroatoms. The molecule has 1 N–H and O–H groups in total. The maximum absolute atomic E-state index is 13.1. The summed E-state index contributed by atoms with van der Waals surface area (Å²) >= 11 is 5.93. The molecule has 0 heterocycles. The highest BCUT2D eigenvalue weighted by Crippen LogP contribution is 2.20. The lowest BCUT2D eigenvalue weighted by molar-refractivity contribution is 0.607. The maximum atomic E-state index is 13.1. The quantitative estimate of drug-likeness (QED) is 0.395. The van der Waals surface area contributed by atoms with Gasteiger partial charge in [-0.3, -0.25) is 5.43 Å². The third-order valence-corrected chi connectivity index (χ3v) is 5.72. The summed E-state index contributed by atoms with van der Waals surface area (Å²) in [6, 6.07) is 22.4. The smallest absolute Gasteiger partial charge is 0.226 e. The van der Waals surface area contributed by atoms with E-state index in [9.17, 15) is 8.42 Å². The molecule has 0 aliphatic carbocycles. The van der Waals surface area contributed by atoms with Gasteiger partial charge in [0.25, 0.3) is 0 Å². The standard InChI is InChI=1S/C20H17ClN2O2S/c1-15-7-13-19(14-8-15)26(24,25)20(16-9-11-17(21)12-10-16)23-22-18-5-3-2-4-6-18/h2-14,22H,1H3. The van der Waals surface area contributed by atoms with Gasteiger partial charge in [0.05, 0.1) is 10.6 Å². The van der Waals surface area contributed by atoms with Gasteiger partial charge in [0.2, 0.25) is 9.84 Å². The van der Waals surface area contributed by atoms with Crippen LogP contribution in [0.2, 0.25) is 5.02 Å². The van der Waals surface area contributed by atoms with Crippen LogP contribution in [0.5, 0.6) is 0 Å². The number of hydrazone groups is 1. The van der Waals surface area contributed by atoms with Crippen molar-refractivity contribution in [2.75, 3.05) is 5.43 Å². The Hall–Kier alpha value is -2.63. The summed E-state index contributed by atoms with van der Waals surface area (Å²) in [6.45, 7) is 1.90. The molecule has 0 atom stereocenters. The van der Waals surface area contributed by atoms with Crippen LogP contribution in [0.3, 0.4) is 0 Å². The maximum Gasteiger partial charge on any atom is 0.226 e. The first kappa shape index (κ1) is 18.2. The number of benzene rings is 3. The Labute approximate surface area is 158 Å². The molecule has 0 aliphatic heterocycles. The highest BCUT2D eigenvalue weighted by Gasteiger charge is 2.24. The van der Waals surface area contributed by atoms with Crippen LogP contribution in [-0.4, -0.2) is 13.5 Å². The topological polar surface area (TPSA) is 58.5 Å². The summed E-state index contributed by atoms with van der Waals surface area (Å²) in [5.41, 5.74) is 4.95. The molecule has 132 valence electrons. The van der Waals surface area contributed by atoms with Crippen LogP contribution in [0, 0.1) is 6.92 Å². The van der Waals surface area contributed by atoms with Gasteiger partial charge in [-0.25, -0.2) is 8.42 Å². The van der Waals surface area contributed by atoms with Crippen molar-refractivity contribution in [3.8, 4) is 0 Å². The molecule has 3 rings (SSSR count). The van der Waals surface area contributed by atoms with Crippen molar-refractivity contribution in [3.05, 3.63) is 95.0 Å². The first-order valence-electron chi connectivity index (χ1n) is 7.93. The summed E-state index contributed by atoms with van der Waals surface area (Å²) in [5, 5.41) is 4.66. The average molecular weight is 385 g/mol. The molecule has 26 heavy (non-hydrogen) atoms. The van der Waals surface area contributed by atoms with E-state index >= 15 is 0 Å². The van der Waals surface area contributed by atoms with Crippen molar-refractivity contribution in [3.63, 3.8) is 0 Å². The Morgan fingerprint density at radius 3 is 2.12 bits per heavy atom. The van der Waals surface area contributed by atoms with Crippen molar-refractivity contribution >= 4 is 32.2 Å². The summed E-state index contributed by atoms with van der Waals surface area (Å²) in [5.74, 6) is 0. The first-order valence-corrected chi connectivity index (χ1v) is 9.79. The average Bonchev–Trinajstić information content (AvgIpc) is 2.64. The van der Waals surface area contributed by atoms with Crippen molar-refractivity contribution in [1.82, 2.24) is 0 Å². The van der Waals surface area contributed by atoms with E-state index in [0.717, 1.165) is 5.56 Å². The van der Waals surface area contributed by atoms with Crippen LogP contribution in [0.4, 0.5) is 5.69 Å². The van der Waals surface area contributed by atoms with Gasteiger partial charge in [0.1, 0.15) is 0 Å².